The predicted octanol–water partition coefficient (Wildman–Crippen LogP) is 6.34. The van der Waals surface area contributed by atoms with Crippen molar-refractivity contribution >= 4 is 46.3 Å². The van der Waals surface area contributed by atoms with E-state index >= 15 is 0 Å². The van der Waals surface area contributed by atoms with Gasteiger partial charge in [0.05, 0.1) is 35.4 Å². The lowest BCUT2D eigenvalue weighted by atomic mass is 9.95. The molecule has 35 heavy (non-hydrogen) atoms. The lowest BCUT2D eigenvalue weighted by molar-refractivity contribution is -0.132. The van der Waals surface area contributed by atoms with Crippen LogP contribution in [0.15, 0.2) is 66.2 Å². The van der Waals surface area contributed by atoms with E-state index in [-0.39, 0.29) is 32.7 Å². The Balaban J connectivity index is 1.92. The molecule has 3 aromatic carbocycles. The fourth-order valence-corrected chi connectivity index (χ4v) is 4.72. The monoisotopic (exact) mass is 511 g/mol. The Morgan fingerprint density at radius 1 is 1.00 bits per heavy atom. The molecule has 0 radical (unpaired) electrons. The summed E-state index contributed by atoms with van der Waals surface area (Å²) in [6, 6.07) is 16.3. The van der Waals surface area contributed by atoms with Crippen LogP contribution >= 0.6 is 23.2 Å². The minimum atomic E-state index is -0.881. The third-order valence-electron chi connectivity index (χ3n) is 5.74. The first kappa shape index (κ1) is 24.6. The van der Waals surface area contributed by atoms with Gasteiger partial charge in [0, 0.05) is 11.3 Å². The van der Waals surface area contributed by atoms with Crippen molar-refractivity contribution in [2.75, 3.05) is 18.6 Å². The molecule has 6 nitrogen and oxygen atoms in total. The number of Topliss-reactive ketones (excluding diaryl/α,β-unsaturated/α-hetero) is 1. The maximum absolute atomic E-state index is 13.3. The van der Waals surface area contributed by atoms with Crippen LogP contribution in [0.2, 0.25) is 10.0 Å². The van der Waals surface area contributed by atoms with Crippen LogP contribution in [0.1, 0.15) is 29.7 Å². The van der Waals surface area contributed by atoms with Crippen LogP contribution in [0.4, 0.5) is 5.69 Å². The molecular formula is C27H23Cl2NO5. The number of anilines is 1. The van der Waals surface area contributed by atoms with E-state index in [1.54, 1.807) is 36.4 Å². The van der Waals surface area contributed by atoms with E-state index in [1.165, 1.54) is 24.1 Å². The molecular weight excluding hydrogens is 489 g/mol. The van der Waals surface area contributed by atoms with Gasteiger partial charge in [-0.25, -0.2) is 0 Å². The SMILES string of the molecule is CCOc1ccc(C2/C(=C(\O)c3cc(Cl)c(OC)c(Cl)c3)C(=O)C(=O)N2c2ccc(C)cc2)cc1. The molecule has 0 aromatic heterocycles. The molecule has 8 heteroatoms. The molecule has 0 spiro atoms. The number of nitrogens with zero attached hydrogens (tertiary/aromatic N) is 1. The van der Waals surface area contributed by atoms with Gasteiger partial charge < -0.3 is 14.6 Å². The van der Waals surface area contributed by atoms with Crippen molar-refractivity contribution in [1.82, 2.24) is 0 Å². The molecule has 0 saturated carbocycles. The lowest BCUT2D eigenvalue weighted by Crippen LogP contribution is -2.29. The zero-order chi connectivity index (χ0) is 25.3. The van der Waals surface area contributed by atoms with Crippen LogP contribution in [-0.4, -0.2) is 30.5 Å². The summed E-state index contributed by atoms with van der Waals surface area (Å²) < 4.78 is 10.7. The second-order valence-corrected chi connectivity index (χ2v) is 8.79. The number of aryl methyl sites for hydroxylation is 1. The van der Waals surface area contributed by atoms with Gasteiger partial charge in [0.2, 0.25) is 0 Å². The number of amides is 1. The fraction of sp³-hybridized carbons (Fsp3) is 0.185. The highest BCUT2D eigenvalue weighted by atomic mass is 35.5. The average molecular weight is 512 g/mol. The number of hydrogen-bond donors (Lipinski definition) is 1. The number of hydrogen-bond acceptors (Lipinski definition) is 5. The van der Waals surface area contributed by atoms with E-state index < -0.39 is 17.7 Å². The first-order valence-electron chi connectivity index (χ1n) is 10.9. The number of halogens is 2. The van der Waals surface area contributed by atoms with E-state index in [2.05, 4.69) is 0 Å². The highest BCUT2D eigenvalue weighted by Crippen LogP contribution is 2.44. The summed E-state index contributed by atoms with van der Waals surface area (Å²) in [6.07, 6.45) is 0. The van der Waals surface area contributed by atoms with Crippen molar-refractivity contribution < 1.29 is 24.2 Å². The number of methoxy groups -OCH3 is 1. The van der Waals surface area contributed by atoms with Crippen LogP contribution in [0.3, 0.4) is 0 Å². The van der Waals surface area contributed by atoms with Crippen LogP contribution in [0.25, 0.3) is 5.76 Å². The zero-order valence-corrected chi connectivity index (χ0v) is 20.9. The summed E-state index contributed by atoms with van der Waals surface area (Å²) >= 11 is 12.5. The molecule has 0 bridgehead atoms. The largest absolute Gasteiger partial charge is 0.507 e. The van der Waals surface area contributed by atoms with Crippen molar-refractivity contribution in [2.24, 2.45) is 0 Å². The first-order valence-corrected chi connectivity index (χ1v) is 11.7. The molecule has 1 fully saturated rings. The second-order valence-electron chi connectivity index (χ2n) is 7.98. The fourth-order valence-electron chi connectivity index (χ4n) is 4.08. The number of benzene rings is 3. The molecule has 1 saturated heterocycles. The van der Waals surface area contributed by atoms with Crippen molar-refractivity contribution in [3.05, 3.63) is 93.0 Å². The van der Waals surface area contributed by atoms with Gasteiger partial charge in [-0.05, 0) is 55.8 Å². The summed E-state index contributed by atoms with van der Waals surface area (Å²) in [5.41, 5.74) is 2.28. The number of carbonyl (C=O) groups is 2. The van der Waals surface area contributed by atoms with E-state index in [0.29, 0.717) is 23.6 Å². The van der Waals surface area contributed by atoms with Gasteiger partial charge in [-0.2, -0.15) is 0 Å². The molecule has 1 aliphatic heterocycles. The minimum absolute atomic E-state index is 0.0722. The van der Waals surface area contributed by atoms with Crippen molar-refractivity contribution in [1.29, 1.82) is 0 Å². The van der Waals surface area contributed by atoms with E-state index in [4.69, 9.17) is 32.7 Å². The Bertz CT molecular complexity index is 1290. The standard InChI is InChI=1S/C27H23Cl2NO5/c1-4-35-19-11-7-16(8-12-19)23-22(24(31)17-13-20(28)26(34-3)21(29)14-17)25(32)27(33)30(23)18-9-5-15(2)6-10-18/h5-14,23,31H,4H2,1-3H3/b24-22+. The van der Waals surface area contributed by atoms with Gasteiger partial charge in [-0.1, -0.05) is 53.0 Å². The maximum atomic E-state index is 13.3. The highest BCUT2D eigenvalue weighted by Gasteiger charge is 2.47. The summed E-state index contributed by atoms with van der Waals surface area (Å²) in [6.45, 7) is 4.31. The van der Waals surface area contributed by atoms with Crippen LogP contribution < -0.4 is 14.4 Å². The zero-order valence-electron chi connectivity index (χ0n) is 19.3. The topological polar surface area (TPSA) is 76.1 Å². The number of ketones is 1. The van der Waals surface area contributed by atoms with Gasteiger partial charge in [-0.15, -0.1) is 0 Å². The van der Waals surface area contributed by atoms with Crippen molar-refractivity contribution in [2.45, 2.75) is 19.9 Å². The number of aliphatic hydroxyl groups excluding tert-OH is 1. The smallest absolute Gasteiger partial charge is 0.300 e. The van der Waals surface area contributed by atoms with E-state index in [9.17, 15) is 14.7 Å². The van der Waals surface area contributed by atoms with E-state index in [0.717, 1.165) is 5.56 Å². The van der Waals surface area contributed by atoms with Gasteiger partial charge in [0.25, 0.3) is 11.7 Å². The number of aliphatic hydroxyl groups is 1. The van der Waals surface area contributed by atoms with Crippen LogP contribution in [0.5, 0.6) is 11.5 Å². The Labute approximate surface area is 213 Å². The van der Waals surface area contributed by atoms with Crippen LogP contribution in [-0.2, 0) is 9.59 Å². The number of ether oxygens (including phenoxy) is 2. The molecule has 1 amide bonds. The molecule has 1 unspecified atom stereocenters. The highest BCUT2D eigenvalue weighted by molar-refractivity contribution is 6.51. The Hall–Kier alpha value is -3.48. The molecule has 1 aliphatic rings. The van der Waals surface area contributed by atoms with E-state index in [1.807, 2.05) is 26.0 Å². The molecule has 0 aliphatic carbocycles. The summed E-state index contributed by atoms with van der Waals surface area (Å²) in [5, 5.41) is 11.6. The maximum Gasteiger partial charge on any atom is 0.300 e. The Morgan fingerprint density at radius 2 is 1.60 bits per heavy atom. The molecule has 3 aromatic rings. The van der Waals surface area contributed by atoms with Gasteiger partial charge in [0.15, 0.2) is 5.75 Å². The molecule has 1 atom stereocenters. The predicted molar refractivity (Wildman–Crippen MR) is 137 cm³/mol. The van der Waals surface area contributed by atoms with Gasteiger partial charge in [-0.3, -0.25) is 14.5 Å². The molecule has 180 valence electrons. The summed E-state index contributed by atoms with van der Waals surface area (Å²) in [4.78, 5) is 27.9. The third-order valence-corrected chi connectivity index (χ3v) is 6.30. The average Bonchev–Trinajstić information content (AvgIpc) is 3.10. The van der Waals surface area contributed by atoms with Crippen LogP contribution in [0, 0.1) is 6.92 Å². The molecule has 4 rings (SSSR count). The molecule has 1 heterocycles. The minimum Gasteiger partial charge on any atom is -0.507 e. The lowest BCUT2D eigenvalue weighted by Gasteiger charge is -2.25. The summed E-state index contributed by atoms with van der Waals surface area (Å²) in [7, 11) is 1.42. The van der Waals surface area contributed by atoms with Crippen molar-refractivity contribution in [3.63, 3.8) is 0 Å². The Morgan fingerprint density at radius 3 is 2.14 bits per heavy atom. The third kappa shape index (κ3) is 4.59. The van der Waals surface area contributed by atoms with Crippen molar-refractivity contribution in [3.8, 4) is 11.5 Å². The molecule has 1 N–H and O–H groups in total. The number of rotatable bonds is 6. The first-order chi connectivity index (χ1) is 16.8. The quantitative estimate of drug-likeness (QED) is 0.237. The number of carbonyl (C=O) groups excluding carboxylic acids is 2. The van der Waals surface area contributed by atoms with Gasteiger partial charge >= 0.3 is 0 Å². The second kappa shape index (κ2) is 10.0. The Kier molecular flexibility index (Phi) is 7.05. The normalized spacial score (nSPS) is 17.1. The summed E-state index contributed by atoms with van der Waals surface area (Å²) in [5.74, 6) is -1.06. The van der Waals surface area contributed by atoms with Gasteiger partial charge in [0.1, 0.15) is 11.5 Å².